The first-order valence-electron chi connectivity index (χ1n) is 7.98. The fourth-order valence-electron chi connectivity index (χ4n) is 2.46. The normalized spacial score (nSPS) is 14.4. The van der Waals surface area contributed by atoms with Crippen molar-refractivity contribution in [2.75, 3.05) is 26.6 Å². The van der Waals surface area contributed by atoms with Crippen LogP contribution in [0, 0.1) is 0 Å². The zero-order chi connectivity index (χ0) is 18.9. The minimum Gasteiger partial charge on any atom is -0.488 e. The summed E-state index contributed by atoms with van der Waals surface area (Å²) in [6.45, 7) is 0.331. The molecule has 2 aromatic rings. The van der Waals surface area contributed by atoms with Gasteiger partial charge in [-0.1, -0.05) is 16.8 Å². The van der Waals surface area contributed by atoms with Crippen molar-refractivity contribution in [2.45, 2.75) is 23.7 Å². The lowest BCUT2D eigenvalue weighted by Crippen LogP contribution is -2.11. The van der Waals surface area contributed by atoms with Crippen LogP contribution in [0.25, 0.3) is 0 Å². The molecule has 26 heavy (non-hydrogen) atoms. The maximum Gasteiger partial charge on any atom is 0.216 e. The second-order valence-electron chi connectivity index (χ2n) is 6.09. The number of sulfone groups is 1. The SMILES string of the molecule is COCCOc1c(S(C)(=O)=O)ccc(C(=O)c2cc(C3CC3)on2)c1Cl. The van der Waals surface area contributed by atoms with Crippen molar-refractivity contribution in [1.82, 2.24) is 5.16 Å². The first kappa shape index (κ1) is 18.9. The van der Waals surface area contributed by atoms with Gasteiger partial charge in [0.05, 0.1) is 11.6 Å². The Morgan fingerprint density at radius 2 is 2.08 bits per heavy atom. The molecule has 0 aliphatic heterocycles. The van der Waals surface area contributed by atoms with Crippen molar-refractivity contribution in [3.63, 3.8) is 0 Å². The number of methoxy groups -OCH3 is 1. The quantitative estimate of drug-likeness (QED) is 0.497. The molecule has 1 aliphatic carbocycles. The van der Waals surface area contributed by atoms with E-state index in [1.807, 2.05) is 0 Å². The summed E-state index contributed by atoms with van der Waals surface area (Å²) in [5.74, 6) is 0.471. The molecule has 1 saturated carbocycles. The number of carbonyl (C=O) groups excluding carboxylic acids is 1. The summed E-state index contributed by atoms with van der Waals surface area (Å²) in [4.78, 5) is 12.6. The Morgan fingerprint density at radius 3 is 2.69 bits per heavy atom. The van der Waals surface area contributed by atoms with E-state index in [4.69, 9.17) is 25.6 Å². The number of rotatable bonds is 8. The van der Waals surface area contributed by atoms with Crippen LogP contribution in [0.3, 0.4) is 0 Å². The highest BCUT2D eigenvalue weighted by Crippen LogP contribution is 2.41. The van der Waals surface area contributed by atoms with Gasteiger partial charge in [-0.3, -0.25) is 4.79 Å². The van der Waals surface area contributed by atoms with Gasteiger partial charge < -0.3 is 14.0 Å². The Labute approximate surface area is 156 Å². The van der Waals surface area contributed by atoms with Crippen LogP contribution in [0.5, 0.6) is 5.75 Å². The molecular formula is C17H18ClNO6S. The molecule has 9 heteroatoms. The molecule has 3 rings (SSSR count). The number of ketones is 1. The van der Waals surface area contributed by atoms with Gasteiger partial charge in [-0.15, -0.1) is 0 Å². The third kappa shape index (κ3) is 3.92. The van der Waals surface area contributed by atoms with Gasteiger partial charge in [-0.05, 0) is 25.0 Å². The van der Waals surface area contributed by atoms with Crippen LogP contribution < -0.4 is 4.74 Å². The van der Waals surface area contributed by atoms with Crippen molar-refractivity contribution in [3.8, 4) is 5.75 Å². The first-order valence-corrected chi connectivity index (χ1v) is 10.3. The van der Waals surface area contributed by atoms with Crippen molar-refractivity contribution in [1.29, 1.82) is 0 Å². The Kier molecular flexibility index (Phi) is 5.36. The predicted molar refractivity (Wildman–Crippen MR) is 93.8 cm³/mol. The lowest BCUT2D eigenvalue weighted by Gasteiger charge is -2.14. The molecule has 0 atom stereocenters. The molecular weight excluding hydrogens is 382 g/mol. The summed E-state index contributed by atoms with van der Waals surface area (Å²) in [7, 11) is -2.10. The van der Waals surface area contributed by atoms with Crippen LogP contribution in [0.4, 0.5) is 0 Å². The molecule has 1 heterocycles. The standard InChI is InChI=1S/C17H18ClNO6S/c1-23-7-8-24-17-14(26(2,21)22)6-5-11(15(17)18)16(20)12-9-13(25-19-12)10-3-4-10/h5-6,9-10H,3-4,7-8H2,1-2H3. The largest absolute Gasteiger partial charge is 0.488 e. The third-order valence-electron chi connectivity index (χ3n) is 3.98. The molecule has 1 aromatic heterocycles. The van der Waals surface area contributed by atoms with Crippen LogP contribution in [0.2, 0.25) is 5.02 Å². The number of hydrogen-bond donors (Lipinski definition) is 0. The van der Waals surface area contributed by atoms with Gasteiger partial charge in [0, 0.05) is 30.9 Å². The molecule has 7 nitrogen and oxygen atoms in total. The Hall–Kier alpha value is -1.90. The van der Waals surface area contributed by atoms with E-state index in [-0.39, 0.29) is 40.1 Å². The molecule has 0 N–H and O–H groups in total. The van der Waals surface area contributed by atoms with Gasteiger partial charge in [0.2, 0.25) is 5.78 Å². The van der Waals surface area contributed by atoms with Crippen LogP contribution in [-0.4, -0.2) is 45.9 Å². The highest BCUT2D eigenvalue weighted by Gasteiger charge is 2.30. The number of aromatic nitrogens is 1. The van der Waals surface area contributed by atoms with E-state index in [0.717, 1.165) is 19.1 Å². The molecule has 0 unspecified atom stereocenters. The lowest BCUT2D eigenvalue weighted by atomic mass is 10.1. The molecule has 0 radical (unpaired) electrons. The fraction of sp³-hybridized carbons (Fsp3) is 0.412. The average molecular weight is 400 g/mol. The summed E-state index contributed by atoms with van der Waals surface area (Å²) in [6, 6.07) is 4.26. The monoisotopic (exact) mass is 399 g/mol. The molecule has 1 aliphatic rings. The van der Waals surface area contributed by atoms with E-state index in [1.54, 1.807) is 6.07 Å². The van der Waals surface area contributed by atoms with Crippen molar-refractivity contribution in [3.05, 3.63) is 40.2 Å². The number of benzene rings is 1. The number of halogens is 1. The molecule has 0 saturated heterocycles. The zero-order valence-corrected chi connectivity index (χ0v) is 15.9. The second kappa shape index (κ2) is 7.38. The van der Waals surface area contributed by atoms with Crippen LogP contribution in [0.1, 0.15) is 40.6 Å². The van der Waals surface area contributed by atoms with Gasteiger partial charge in [0.25, 0.3) is 0 Å². The highest BCUT2D eigenvalue weighted by molar-refractivity contribution is 7.90. The first-order chi connectivity index (χ1) is 12.3. The van der Waals surface area contributed by atoms with Crippen LogP contribution >= 0.6 is 11.6 Å². The summed E-state index contributed by atoms with van der Waals surface area (Å²) in [5.41, 5.74) is 0.228. The molecule has 1 aromatic carbocycles. The molecule has 0 bridgehead atoms. The third-order valence-corrected chi connectivity index (χ3v) is 5.48. The van der Waals surface area contributed by atoms with Crippen molar-refractivity contribution in [2.24, 2.45) is 0 Å². The van der Waals surface area contributed by atoms with Gasteiger partial charge >= 0.3 is 0 Å². The Balaban J connectivity index is 1.98. The molecule has 1 fully saturated rings. The summed E-state index contributed by atoms with van der Waals surface area (Å²) in [5, 5.41) is 3.73. The number of nitrogens with zero attached hydrogens (tertiary/aromatic N) is 1. The predicted octanol–water partition coefficient (Wildman–Crippen LogP) is 2.87. The zero-order valence-electron chi connectivity index (χ0n) is 14.3. The van der Waals surface area contributed by atoms with E-state index in [1.165, 1.54) is 19.2 Å². The van der Waals surface area contributed by atoms with Crippen molar-refractivity contribution >= 4 is 27.2 Å². The van der Waals surface area contributed by atoms with Crippen LogP contribution in [0.15, 0.2) is 27.6 Å². The smallest absolute Gasteiger partial charge is 0.216 e. The lowest BCUT2D eigenvalue weighted by molar-refractivity contribution is 0.102. The number of ether oxygens (including phenoxy) is 2. The van der Waals surface area contributed by atoms with Crippen LogP contribution in [-0.2, 0) is 14.6 Å². The van der Waals surface area contributed by atoms with Gasteiger partial charge in [0.1, 0.15) is 17.3 Å². The minimum atomic E-state index is -3.59. The van der Waals surface area contributed by atoms with Gasteiger partial charge in [0.15, 0.2) is 21.3 Å². The number of carbonyl (C=O) groups is 1. The highest BCUT2D eigenvalue weighted by atomic mass is 35.5. The van der Waals surface area contributed by atoms with Gasteiger partial charge in [-0.2, -0.15) is 0 Å². The van der Waals surface area contributed by atoms with Gasteiger partial charge in [-0.25, -0.2) is 8.42 Å². The average Bonchev–Trinajstić information content (AvgIpc) is 3.32. The minimum absolute atomic E-state index is 0.0667. The second-order valence-corrected chi connectivity index (χ2v) is 8.45. The summed E-state index contributed by atoms with van der Waals surface area (Å²) < 4.78 is 39.6. The van der Waals surface area contributed by atoms with Crippen molar-refractivity contribution < 1.29 is 27.2 Å². The Morgan fingerprint density at radius 1 is 1.35 bits per heavy atom. The summed E-state index contributed by atoms with van der Waals surface area (Å²) >= 11 is 6.32. The van der Waals surface area contributed by atoms with E-state index < -0.39 is 15.6 Å². The maximum absolute atomic E-state index is 12.7. The maximum atomic E-state index is 12.7. The van der Waals surface area contributed by atoms with E-state index in [2.05, 4.69) is 5.16 Å². The number of hydrogen-bond acceptors (Lipinski definition) is 7. The van der Waals surface area contributed by atoms with E-state index >= 15 is 0 Å². The Bertz CT molecular complexity index is 933. The van der Waals surface area contributed by atoms with E-state index in [0.29, 0.717) is 11.7 Å². The molecule has 0 amide bonds. The topological polar surface area (TPSA) is 95.7 Å². The molecule has 0 spiro atoms. The van der Waals surface area contributed by atoms with E-state index in [9.17, 15) is 13.2 Å². The fourth-order valence-corrected chi connectivity index (χ4v) is 3.64. The molecule has 140 valence electrons. The summed E-state index contributed by atoms with van der Waals surface area (Å²) in [6.07, 6.45) is 3.08.